The van der Waals surface area contributed by atoms with Crippen LogP contribution in [0, 0.1) is 18.8 Å². The molecule has 160 valence electrons. The molecule has 3 aliphatic heterocycles. The lowest BCUT2D eigenvalue weighted by molar-refractivity contribution is -0.163. The number of aromatic nitrogens is 3. The number of rotatable bonds is 4. The molecule has 2 amide bonds. The monoisotopic (exact) mass is 414 g/mol. The van der Waals surface area contributed by atoms with Crippen molar-refractivity contribution in [2.75, 3.05) is 19.6 Å². The number of piperidine rings is 3. The van der Waals surface area contributed by atoms with E-state index in [0.717, 1.165) is 25.8 Å². The number of amides is 2. The standard InChI is InChI=1S/C18H25F3N6O2/c1-10-23-14(25-24-10)8-26-6-11-5-12(7-26)16(17(29)22-9-18(19,20)21)27-13(11)3-2-4-15(27)28/h11-13,16H,2-9H2,1H3,(H,22,29)(H,23,24,25)/t11-,12+,13-,16+/m0/s1. The summed E-state index contributed by atoms with van der Waals surface area (Å²) in [5, 5.41) is 8.98. The maximum atomic E-state index is 12.8. The highest BCUT2D eigenvalue weighted by Gasteiger charge is 2.52. The molecule has 0 radical (unpaired) electrons. The lowest BCUT2D eigenvalue weighted by Gasteiger charge is -2.55. The number of halogens is 3. The molecule has 3 aliphatic rings. The molecule has 0 spiro atoms. The predicted molar refractivity (Wildman–Crippen MR) is 95.3 cm³/mol. The van der Waals surface area contributed by atoms with Crippen molar-refractivity contribution in [2.24, 2.45) is 11.8 Å². The van der Waals surface area contributed by atoms with Gasteiger partial charge in [-0.15, -0.1) is 0 Å². The first-order valence-electron chi connectivity index (χ1n) is 9.97. The van der Waals surface area contributed by atoms with Gasteiger partial charge in [-0.2, -0.15) is 18.3 Å². The van der Waals surface area contributed by atoms with Gasteiger partial charge in [0.15, 0.2) is 5.82 Å². The third-order valence-corrected chi connectivity index (χ3v) is 6.16. The number of aromatic amines is 1. The van der Waals surface area contributed by atoms with Gasteiger partial charge >= 0.3 is 6.18 Å². The van der Waals surface area contributed by atoms with Crippen molar-refractivity contribution in [1.82, 2.24) is 30.3 Å². The van der Waals surface area contributed by atoms with Crippen LogP contribution in [0.15, 0.2) is 0 Å². The van der Waals surface area contributed by atoms with E-state index in [1.54, 1.807) is 4.90 Å². The Labute approximate surface area is 166 Å². The molecule has 0 aromatic carbocycles. The average Bonchev–Trinajstić information content (AvgIpc) is 3.05. The Balaban J connectivity index is 1.55. The lowest BCUT2D eigenvalue weighted by atomic mass is 9.71. The molecule has 3 saturated heterocycles. The fourth-order valence-corrected chi connectivity index (χ4v) is 5.17. The predicted octanol–water partition coefficient (Wildman–Crippen LogP) is 0.993. The van der Waals surface area contributed by atoms with E-state index in [-0.39, 0.29) is 23.8 Å². The third kappa shape index (κ3) is 4.24. The smallest absolute Gasteiger partial charge is 0.345 e. The minimum absolute atomic E-state index is 0.106. The number of H-pyrrole nitrogens is 1. The van der Waals surface area contributed by atoms with Gasteiger partial charge < -0.3 is 10.2 Å². The summed E-state index contributed by atoms with van der Waals surface area (Å²) in [5.74, 6) is 0.524. The Morgan fingerprint density at radius 3 is 2.76 bits per heavy atom. The Morgan fingerprint density at radius 2 is 2.07 bits per heavy atom. The molecule has 0 unspecified atom stereocenters. The second-order valence-corrected chi connectivity index (χ2v) is 8.33. The lowest BCUT2D eigenvalue weighted by Crippen LogP contribution is -2.68. The van der Waals surface area contributed by atoms with Crippen molar-refractivity contribution in [3.8, 4) is 0 Å². The molecule has 2 N–H and O–H groups in total. The maximum Gasteiger partial charge on any atom is 0.405 e. The number of alkyl halides is 3. The minimum Gasteiger partial charge on any atom is -0.345 e. The van der Waals surface area contributed by atoms with Gasteiger partial charge in [-0.3, -0.25) is 19.6 Å². The molecule has 1 aromatic heterocycles. The van der Waals surface area contributed by atoms with Crippen LogP contribution >= 0.6 is 0 Å². The summed E-state index contributed by atoms with van der Waals surface area (Å²) in [6.45, 7) is 2.22. The van der Waals surface area contributed by atoms with Gasteiger partial charge in [-0.05, 0) is 32.1 Å². The molecule has 4 rings (SSSR count). The van der Waals surface area contributed by atoms with Gasteiger partial charge in [0.25, 0.3) is 0 Å². The highest BCUT2D eigenvalue weighted by Crippen LogP contribution is 2.42. The Hall–Kier alpha value is -2.17. The van der Waals surface area contributed by atoms with Crippen LogP contribution in [-0.2, 0) is 16.1 Å². The molecular formula is C18H25F3N6O2. The second kappa shape index (κ2) is 7.58. The van der Waals surface area contributed by atoms with Crippen LogP contribution in [0.3, 0.4) is 0 Å². The second-order valence-electron chi connectivity index (χ2n) is 8.33. The fraction of sp³-hybridized carbons (Fsp3) is 0.778. The van der Waals surface area contributed by atoms with Gasteiger partial charge in [-0.1, -0.05) is 0 Å². The van der Waals surface area contributed by atoms with Crippen molar-refractivity contribution in [3.63, 3.8) is 0 Å². The van der Waals surface area contributed by atoms with Gasteiger partial charge in [0.2, 0.25) is 11.8 Å². The number of hydrogen-bond acceptors (Lipinski definition) is 5. The van der Waals surface area contributed by atoms with E-state index < -0.39 is 24.7 Å². The molecular weight excluding hydrogens is 389 g/mol. The van der Waals surface area contributed by atoms with Crippen LogP contribution < -0.4 is 5.32 Å². The van der Waals surface area contributed by atoms with Crippen LogP contribution in [0.4, 0.5) is 13.2 Å². The van der Waals surface area contributed by atoms with E-state index in [2.05, 4.69) is 20.1 Å². The maximum absolute atomic E-state index is 12.8. The first kappa shape index (κ1) is 20.1. The summed E-state index contributed by atoms with van der Waals surface area (Å²) in [5.41, 5.74) is 0. The molecule has 0 saturated carbocycles. The Morgan fingerprint density at radius 1 is 1.31 bits per heavy atom. The first-order valence-corrected chi connectivity index (χ1v) is 9.97. The number of aryl methyl sites for hydroxylation is 1. The van der Waals surface area contributed by atoms with Gasteiger partial charge in [0, 0.05) is 31.5 Å². The van der Waals surface area contributed by atoms with Crippen LogP contribution in [0.1, 0.15) is 37.3 Å². The molecule has 8 nitrogen and oxygen atoms in total. The Bertz CT molecular complexity index is 782. The van der Waals surface area contributed by atoms with Crippen molar-refractivity contribution >= 4 is 11.8 Å². The largest absolute Gasteiger partial charge is 0.405 e. The average molecular weight is 414 g/mol. The summed E-state index contributed by atoms with van der Waals surface area (Å²) < 4.78 is 37.9. The van der Waals surface area contributed by atoms with Crippen LogP contribution in [0.2, 0.25) is 0 Å². The highest BCUT2D eigenvalue weighted by molar-refractivity contribution is 5.89. The number of hydrogen-bond donors (Lipinski definition) is 2. The first-order chi connectivity index (χ1) is 13.7. The van der Waals surface area contributed by atoms with E-state index >= 15 is 0 Å². The Kier molecular flexibility index (Phi) is 5.26. The van der Waals surface area contributed by atoms with Gasteiger partial charge in [0.05, 0.1) is 6.54 Å². The molecule has 0 aliphatic carbocycles. The summed E-state index contributed by atoms with van der Waals surface area (Å²) in [4.78, 5) is 33.5. The minimum atomic E-state index is -4.49. The normalized spacial score (nSPS) is 30.2. The highest BCUT2D eigenvalue weighted by atomic mass is 19.4. The number of carbonyl (C=O) groups excluding carboxylic acids is 2. The zero-order valence-corrected chi connectivity index (χ0v) is 16.2. The molecule has 29 heavy (non-hydrogen) atoms. The number of nitrogens with zero attached hydrogens (tertiary/aromatic N) is 4. The summed E-state index contributed by atoms with van der Waals surface area (Å²) in [6.07, 6.45) is -1.88. The van der Waals surface area contributed by atoms with E-state index in [1.165, 1.54) is 0 Å². The van der Waals surface area contributed by atoms with E-state index in [4.69, 9.17) is 0 Å². The number of nitrogens with one attached hydrogen (secondary N) is 2. The quantitative estimate of drug-likeness (QED) is 0.767. The van der Waals surface area contributed by atoms with Crippen LogP contribution in [0.5, 0.6) is 0 Å². The SMILES string of the molecule is Cc1nc(CN2C[C@@H]3C[C@H](C2)[C@H](C(=O)NCC(F)(F)F)N2C(=O)CCC[C@@H]32)n[nH]1. The summed E-state index contributed by atoms with van der Waals surface area (Å²) >= 11 is 0. The van der Waals surface area contributed by atoms with Gasteiger partial charge in [0.1, 0.15) is 18.4 Å². The van der Waals surface area contributed by atoms with Crippen molar-refractivity contribution in [1.29, 1.82) is 0 Å². The van der Waals surface area contributed by atoms with Crippen molar-refractivity contribution in [3.05, 3.63) is 11.6 Å². The fourth-order valence-electron chi connectivity index (χ4n) is 5.17. The number of likely N-dealkylation sites (tertiary alicyclic amines) is 1. The number of fused-ring (bicyclic) bond motifs is 4. The zero-order valence-electron chi connectivity index (χ0n) is 16.2. The number of carbonyl (C=O) groups is 2. The van der Waals surface area contributed by atoms with Gasteiger partial charge in [-0.25, -0.2) is 4.98 Å². The summed E-state index contributed by atoms with van der Waals surface area (Å²) in [6, 6.07) is -0.964. The third-order valence-electron chi connectivity index (χ3n) is 6.16. The molecule has 4 heterocycles. The van der Waals surface area contributed by atoms with Crippen LogP contribution in [-0.4, -0.2) is 74.7 Å². The zero-order chi connectivity index (χ0) is 20.8. The molecule has 3 fully saturated rings. The molecule has 1 aromatic rings. The van der Waals surface area contributed by atoms with Crippen molar-refractivity contribution < 1.29 is 22.8 Å². The van der Waals surface area contributed by atoms with E-state index in [1.807, 2.05) is 12.2 Å². The van der Waals surface area contributed by atoms with Crippen LogP contribution in [0.25, 0.3) is 0 Å². The van der Waals surface area contributed by atoms with E-state index in [0.29, 0.717) is 31.2 Å². The molecule has 11 heteroatoms. The summed E-state index contributed by atoms with van der Waals surface area (Å²) in [7, 11) is 0. The molecule has 4 atom stereocenters. The molecule has 2 bridgehead atoms. The van der Waals surface area contributed by atoms with E-state index in [9.17, 15) is 22.8 Å². The van der Waals surface area contributed by atoms with Crippen molar-refractivity contribution in [2.45, 2.75) is 57.4 Å². The topological polar surface area (TPSA) is 94.2 Å².